The van der Waals surface area contributed by atoms with Gasteiger partial charge in [0.1, 0.15) is 11.6 Å². The minimum Gasteiger partial charge on any atom is -0.497 e. The second-order valence-electron chi connectivity index (χ2n) is 6.95. The molecule has 9 heteroatoms. The first-order chi connectivity index (χ1) is 14.1. The van der Waals surface area contributed by atoms with E-state index in [1.54, 1.807) is 51.3 Å². The van der Waals surface area contributed by atoms with E-state index in [0.717, 1.165) is 11.1 Å². The van der Waals surface area contributed by atoms with Crippen molar-refractivity contribution >= 4 is 21.7 Å². The van der Waals surface area contributed by atoms with Gasteiger partial charge in [0.2, 0.25) is 5.78 Å². The summed E-state index contributed by atoms with van der Waals surface area (Å²) in [7, 11) is -2.33. The molecule has 0 aliphatic heterocycles. The van der Waals surface area contributed by atoms with Gasteiger partial charge in [-0.2, -0.15) is 8.42 Å². The topological polar surface area (TPSA) is 114 Å². The average Bonchev–Trinajstić information content (AvgIpc) is 3.08. The molecular weight excluding hydrogens is 409 g/mol. The second kappa shape index (κ2) is 8.29. The van der Waals surface area contributed by atoms with E-state index in [9.17, 15) is 17.6 Å². The Morgan fingerprint density at radius 3 is 2.40 bits per heavy atom. The molecule has 0 saturated heterocycles. The summed E-state index contributed by atoms with van der Waals surface area (Å²) in [6.45, 7) is 3.57. The molecule has 158 valence electrons. The maximum Gasteiger partial charge on any atom is 0.296 e. The number of rotatable bonds is 7. The van der Waals surface area contributed by atoms with Crippen LogP contribution in [-0.4, -0.2) is 26.3 Å². The van der Waals surface area contributed by atoms with E-state index in [1.165, 1.54) is 18.2 Å². The normalized spacial score (nSPS) is 12.4. The molecule has 3 rings (SSSR count). The van der Waals surface area contributed by atoms with Gasteiger partial charge in [-0.3, -0.25) is 9.52 Å². The lowest BCUT2D eigenvalue weighted by molar-refractivity contribution is 0.103. The molecule has 1 atom stereocenters. The highest BCUT2D eigenvalue weighted by molar-refractivity contribution is 7.90. The zero-order chi connectivity index (χ0) is 22.1. The van der Waals surface area contributed by atoms with E-state index >= 15 is 0 Å². The summed E-state index contributed by atoms with van der Waals surface area (Å²) in [5, 5.41) is 4.95. The third kappa shape index (κ3) is 4.69. The quantitative estimate of drug-likeness (QED) is 0.497. The number of ketones is 1. The Bertz CT molecular complexity index is 1190. The van der Waals surface area contributed by atoms with Crippen LogP contribution in [0.3, 0.4) is 0 Å². The molecule has 0 spiro atoms. The van der Waals surface area contributed by atoms with Crippen molar-refractivity contribution in [3.8, 4) is 5.75 Å². The zero-order valence-electron chi connectivity index (χ0n) is 16.7. The summed E-state index contributed by atoms with van der Waals surface area (Å²) in [5.74, 6) is -0.604. The van der Waals surface area contributed by atoms with Gasteiger partial charge in [0.15, 0.2) is 0 Å². The van der Waals surface area contributed by atoms with Gasteiger partial charge in [0.25, 0.3) is 10.2 Å². The van der Waals surface area contributed by atoms with Crippen molar-refractivity contribution in [3.63, 3.8) is 0 Å². The van der Waals surface area contributed by atoms with Gasteiger partial charge in [-0.1, -0.05) is 19.1 Å². The number of carbonyl (C=O) groups is 1. The van der Waals surface area contributed by atoms with Gasteiger partial charge >= 0.3 is 0 Å². The Hall–Kier alpha value is -3.17. The van der Waals surface area contributed by atoms with Crippen LogP contribution in [0.25, 0.3) is 0 Å². The van der Waals surface area contributed by atoms with Crippen molar-refractivity contribution in [2.75, 3.05) is 11.8 Å². The zero-order valence-corrected chi connectivity index (χ0v) is 17.5. The van der Waals surface area contributed by atoms with Crippen molar-refractivity contribution in [3.05, 3.63) is 82.4 Å². The third-order valence-electron chi connectivity index (χ3n) is 4.82. The van der Waals surface area contributed by atoms with E-state index in [1.807, 2.05) is 0 Å². The molecule has 0 radical (unpaired) electrons. The maximum absolute atomic E-state index is 14.6. The van der Waals surface area contributed by atoms with Crippen LogP contribution >= 0.6 is 0 Å². The van der Waals surface area contributed by atoms with Crippen LogP contribution in [0.5, 0.6) is 5.75 Å². The summed E-state index contributed by atoms with van der Waals surface area (Å²) >= 11 is 0. The molecule has 0 aliphatic rings. The molecule has 2 aromatic carbocycles. The van der Waals surface area contributed by atoms with Gasteiger partial charge in [-0.15, -0.1) is 0 Å². The SMILES string of the molecule is COc1ccc(C(=O)c2cc(F)c(C(C)c3ccc(NS(N)(=O)=O)cc3)[nH]2)c(C)c1. The number of hydrogen-bond acceptors (Lipinski definition) is 4. The number of benzene rings is 2. The number of anilines is 1. The summed E-state index contributed by atoms with van der Waals surface area (Å²) in [4.78, 5) is 15.8. The smallest absolute Gasteiger partial charge is 0.296 e. The lowest BCUT2D eigenvalue weighted by atomic mass is 9.97. The number of hydrogen-bond donors (Lipinski definition) is 3. The molecule has 0 saturated carbocycles. The van der Waals surface area contributed by atoms with Crippen LogP contribution < -0.4 is 14.6 Å². The molecule has 0 aliphatic carbocycles. The molecule has 7 nitrogen and oxygen atoms in total. The monoisotopic (exact) mass is 431 g/mol. The van der Waals surface area contributed by atoms with Crippen molar-refractivity contribution in [1.82, 2.24) is 4.98 Å². The Labute approximate surface area is 174 Å². The highest BCUT2D eigenvalue weighted by atomic mass is 32.2. The van der Waals surface area contributed by atoms with Gasteiger partial charge in [-0.05, 0) is 48.4 Å². The molecule has 1 unspecified atom stereocenters. The van der Waals surface area contributed by atoms with Gasteiger partial charge in [0.05, 0.1) is 18.5 Å². The molecule has 1 heterocycles. The Kier molecular flexibility index (Phi) is 5.95. The van der Waals surface area contributed by atoms with Crippen LogP contribution in [0, 0.1) is 12.7 Å². The minimum absolute atomic E-state index is 0.148. The highest BCUT2D eigenvalue weighted by Crippen LogP contribution is 2.28. The molecule has 1 aromatic heterocycles. The van der Waals surface area contributed by atoms with Crippen LogP contribution in [0.4, 0.5) is 10.1 Å². The first-order valence-electron chi connectivity index (χ1n) is 9.07. The van der Waals surface area contributed by atoms with Crippen LogP contribution in [-0.2, 0) is 10.2 Å². The standard InChI is InChI=1S/C21H22FN3O4S/c1-12-10-16(29-3)8-9-17(12)21(26)19-11-18(22)20(24-19)13(2)14-4-6-15(7-5-14)25-30(23,27)28/h4-11,13,24-25H,1-3H3,(H2,23,27,28). The Balaban J connectivity index is 1.86. The van der Waals surface area contributed by atoms with Crippen LogP contribution in [0.15, 0.2) is 48.5 Å². The molecule has 0 bridgehead atoms. The summed E-state index contributed by atoms with van der Waals surface area (Å²) < 4.78 is 44.1. The minimum atomic E-state index is -3.87. The molecule has 0 amide bonds. The number of nitrogens with two attached hydrogens (primary N) is 1. The van der Waals surface area contributed by atoms with Gasteiger partial charge in [0, 0.05) is 23.2 Å². The predicted octanol–water partition coefficient (Wildman–Crippen LogP) is 3.47. The van der Waals surface area contributed by atoms with E-state index in [0.29, 0.717) is 17.0 Å². The largest absolute Gasteiger partial charge is 0.497 e. The summed E-state index contributed by atoms with van der Waals surface area (Å²) in [6, 6.07) is 12.6. The fraction of sp³-hybridized carbons (Fsp3) is 0.190. The lowest BCUT2D eigenvalue weighted by Crippen LogP contribution is -2.21. The Morgan fingerprint density at radius 1 is 1.17 bits per heavy atom. The van der Waals surface area contributed by atoms with E-state index < -0.39 is 21.9 Å². The van der Waals surface area contributed by atoms with E-state index in [-0.39, 0.29) is 17.2 Å². The molecular formula is C21H22FN3O4S. The summed E-state index contributed by atoms with van der Waals surface area (Å²) in [5.41, 5.74) is 2.62. The van der Waals surface area contributed by atoms with Gasteiger partial charge in [-0.25, -0.2) is 9.53 Å². The highest BCUT2D eigenvalue weighted by Gasteiger charge is 2.21. The number of H-pyrrole nitrogens is 1. The number of aromatic nitrogens is 1. The number of nitrogens with one attached hydrogen (secondary N) is 2. The number of aromatic amines is 1. The van der Waals surface area contributed by atoms with Crippen molar-refractivity contribution in [1.29, 1.82) is 0 Å². The number of aryl methyl sites for hydroxylation is 1. The number of carbonyl (C=O) groups excluding carboxylic acids is 1. The number of methoxy groups -OCH3 is 1. The molecule has 3 aromatic rings. The van der Waals surface area contributed by atoms with Gasteiger partial charge < -0.3 is 9.72 Å². The predicted molar refractivity (Wildman–Crippen MR) is 113 cm³/mol. The number of halogens is 1. The van der Waals surface area contributed by atoms with Crippen LogP contribution in [0.2, 0.25) is 0 Å². The molecule has 30 heavy (non-hydrogen) atoms. The summed E-state index contributed by atoms with van der Waals surface area (Å²) in [6.07, 6.45) is 0. The van der Waals surface area contributed by atoms with Crippen molar-refractivity contribution in [2.24, 2.45) is 5.14 Å². The Morgan fingerprint density at radius 2 is 1.83 bits per heavy atom. The van der Waals surface area contributed by atoms with E-state index in [4.69, 9.17) is 9.88 Å². The first kappa shape index (κ1) is 21.5. The number of ether oxygens (including phenoxy) is 1. The molecule has 0 fully saturated rings. The van der Waals surface area contributed by atoms with E-state index in [2.05, 4.69) is 9.71 Å². The van der Waals surface area contributed by atoms with Crippen LogP contribution in [0.1, 0.15) is 45.7 Å². The first-order valence-corrected chi connectivity index (χ1v) is 10.6. The fourth-order valence-corrected chi connectivity index (χ4v) is 3.68. The van der Waals surface area contributed by atoms with Crippen molar-refractivity contribution < 1.29 is 22.3 Å². The maximum atomic E-state index is 14.6. The fourth-order valence-electron chi connectivity index (χ4n) is 3.22. The third-order valence-corrected chi connectivity index (χ3v) is 5.34. The van der Waals surface area contributed by atoms with Crippen molar-refractivity contribution in [2.45, 2.75) is 19.8 Å². The second-order valence-corrected chi connectivity index (χ2v) is 8.24. The average molecular weight is 431 g/mol. The lowest BCUT2D eigenvalue weighted by Gasteiger charge is -2.12. The molecule has 4 N–H and O–H groups in total.